The maximum atomic E-state index is 12.4. The Morgan fingerprint density at radius 2 is 2.08 bits per heavy atom. The van der Waals surface area contributed by atoms with Crippen molar-refractivity contribution in [2.45, 2.75) is 32.6 Å². The molecule has 2 aliphatic rings. The second kappa shape index (κ2) is 7.24. The van der Waals surface area contributed by atoms with E-state index in [9.17, 15) is 9.59 Å². The van der Waals surface area contributed by atoms with Gasteiger partial charge in [-0.1, -0.05) is 18.2 Å². The summed E-state index contributed by atoms with van der Waals surface area (Å²) in [6.07, 6.45) is 3.32. The van der Waals surface area contributed by atoms with Gasteiger partial charge in [0.05, 0.1) is 12.5 Å². The third-order valence-electron chi connectivity index (χ3n) is 5.14. The standard InChI is InChI=1S/C19H26N2O3/c1-2-21-12-15(8-9-17(21)22)18(23)20-13-19(10-11-19)14-24-16-6-4-3-5-7-16/h3-7,15H,2,8-14H2,1H3,(H,20,23)/t15-/m0/s1. The van der Waals surface area contributed by atoms with Gasteiger partial charge in [-0.2, -0.15) is 0 Å². The Bertz CT molecular complexity index is 584. The summed E-state index contributed by atoms with van der Waals surface area (Å²) >= 11 is 0. The zero-order valence-electron chi connectivity index (χ0n) is 14.3. The number of hydrogen-bond acceptors (Lipinski definition) is 3. The van der Waals surface area contributed by atoms with Gasteiger partial charge in [-0.3, -0.25) is 9.59 Å². The molecule has 130 valence electrons. The number of piperidine rings is 1. The Balaban J connectivity index is 1.45. The van der Waals surface area contributed by atoms with E-state index in [1.165, 1.54) is 0 Å². The highest BCUT2D eigenvalue weighted by Crippen LogP contribution is 2.45. The maximum Gasteiger partial charge on any atom is 0.224 e. The molecule has 3 rings (SSSR count). The summed E-state index contributed by atoms with van der Waals surface area (Å²) in [4.78, 5) is 25.9. The van der Waals surface area contributed by atoms with Crippen molar-refractivity contribution in [3.63, 3.8) is 0 Å². The molecule has 0 aromatic heterocycles. The number of benzene rings is 1. The molecule has 1 saturated carbocycles. The van der Waals surface area contributed by atoms with Crippen LogP contribution >= 0.6 is 0 Å². The molecule has 1 heterocycles. The first-order valence-corrected chi connectivity index (χ1v) is 8.85. The molecule has 5 nitrogen and oxygen atoms in total. The molecule has 2 amide bonds. The average molecular weight is 330 g/mol. The highest BCUT2D eigenvalue weighted by atomic mass is 16.5. The fourth-order valence-corrected chi connectivity index (χ4v) is 3.16. The van der Waals surface area contributed by atoms with E-state index in [-0.39, 0.29) is 23.1 Å². The molecule has 0 bridgehead atoms. The summed E-state index contributed by atoms with van der Waals surface area (Å²) in [5, 5.41) is 3.09. The lowest BCUT2D eigenvalue weighted by Crippen LogP contribution is -2.46. The minimum atomic E-state index is -0.0755. The lowest BCUT2D eigenvalue weighted by molar-refractivity contribution is -0.138. The summed E-state index contributed by atoms with van der Waals surface area (Å²) in [7, 11) is 0. The van der Waals surface area contributed by atoms with E-state index in [1.807, 2.05) is 37.3 Å². The molecule has 2 fully saturated rings. The Kier molecular flexibility index (Phi) is 5.07. The number of nitrogens with one attached hydrogen (secondary N) is 1. The van der Waals surface area contributed by atoms with Crippen LogP contribution in [0.15, 0.2) is 30.3 Å². The lowest BCUT2D eigenvalue weighted by atomic mass is 9.96. The summed E-state index contributed by atoms with van der Waals surface area (Å²) in [5.74, 6) is 1.04. The van der Waals surface area contributed by atoms with Crippen molar-refractivity contribution in [1.82, 2.24) is 10.2 Å². The maximum absolute atomic E-state index is 12.4. The van der Waals surface area contributed by atoms with Crippen molar-refractivity contribution in [2.24, 2.45) is 11.3 Å². The van der Waals surface area contributed by atoms with Crippen LogP contribution in [0.3, 0.4) is 0 Å². The average Bonchev–Trinajstić information content (AvgIpc) is 3.40. The van der Waals surface area contributed by atoms with E-state index < -0.39 is 0 Å². The van der Waals surface area contributed by atoms with E-state index in [2.05, 4.69) is 5.32 Å². The van der Waals surface area contributed by atoms with Gasteiger partial charge in [0.2, 0.25) is 11.8 Å². The van der Waals surface area contributed by atoms with Crippen LogP contribution in [0.1, 0.15) is 32.6 Å². The summed E-state index contributed by atoms with van der Waals surface area (Å²) in [6.45, 7) is 4.49. The van der Waals surface area contributed by atoms with Gasteiger partial charge in [0.25, 0.3) is 0 Å². The van der Waals surface area contributed by atoms with E-state index >= 15 is 0 Å². The minimum Gasteiger partial charge on any atom is -0.493 e. The predicted molar refractivity (Wildman–Crippen MR) is 91.6 cm³/mol. The summed E-state index contributed by atoms with van der Waals surface area (Å²) in [5.41, 5.74) is 0.0838. The minimum absolute atomic E-state index is 0.0755. The zero-order chi connectivity index (χ0) is 17.0. The molecule has 1 aliphatic heterocycles. The molecule has 1 aromatic carbocycles. The van der Waals surface area contributed by atoms with Crippen molar-refractivity contribution < 1.29 is 14.3 Å². The van der Waals surface area contributed by atoms with Gasteiger partial charge in [-0.25, -0.2) is 0 Å². The second-order valence-electron chi connectivity index (χ2n) is 6.99. The van der Waals surface area contributed by atoms with Crippen LogP contribution in [-0.4, -0.2) is 43.0 Å². The molecular weight excluding hydrogens is 304 g/mol. The quantitative estimate of drug-likeness (QED) is 0.834. The fourth-order valence-electron chi connectivity index (χ4n) is 3.16. The number of nitrogens with zero attached hydrogens (tertiary/aromatic N) is 1. The number of rotatable bonds is 7. The second-order valence-corrected chi connectivity index (χ2v) is 6.99. The molecule has 5 heteroatoms. The molecule has 1 aromatic rings. The Morgan fingerprint density at radius 3 is 2.75 bits per heavy atom. The lowest BCUT2D eigenvalue weighted by Gasteiger charge is -2.31. The van der Waals surface area contributed by atoms with E-state index in [1.54, 1.807) is 4.90 Å². The third kappa shape index (κ3) is 4.08. The van der Waals surface area contributed by atoms with Gasteiger partial charge < -0.3 is 15.0 Å². The molecule has 0 unspecified atom stereocenters. The van der Waals surface area contributed by atoms with Gasteiger partial charge in [0, 0.05) is 31.5 Å². The molecular formula is C19H26N2O3. The summed E-state index contributed by atoms with van der Waals surface area (Å²) < 4.78 is 5.86. The van der Waals surface area contributed by atoms with Crippen LogP contribution in [0.2, 0.25) is 0 Å². The van der Waals surface area contributed by atoms with Crippen molar-refractivity contribution in [3.05, 3.63) is 30.3 Å². The van der Waals surface area contributed by atoms with Crippen LogP contribution in [0.25, 0.3) is 0 Å². The highest BCUT2D eigenvalue weighted by molar-refractivity contribution is 5.83. The molecule has 1 saturated heterocycles. The van der Waals surface area contributed by atoms with Crippen molar-refractivity contribution in [3.8, 4) is 5.75 Å². The molecule has 24 heavy (non-hydrogen) atoms. The van der Waals surface area contributed by atoms with Gasteiger partial charge in [0.1, 0.15) is 5.75 Å². The molecule has 0 radical (unpaired) electrons. The van der Waals surface area contributed by atoms with E-state index in [0.717, 1.165) is 18.6 Å². The van der Waals surface area contributed by atoms with Crippen molar-refractivity contribution in [1.29, 1.82) is 0 Å². The van der Waals surface area contributed by atoms with Crippen LogP contribution in [0.4, 0.5) is 0 Å². The SMILES string of the molecule is CCN1C[C@@H](C(=O)NCC2(COc3ccccc3)CC2)CCC1=O. The first-order valence-electron chi connectivity index (χ1n) is 8.85. The van der Waals surface area contributed by atoms with Gasteiger partial charge >= 0.3 is 0 Å². The summed E-state index contributed by atoms with van der Waals surface area (Å²) in [6, 6.07) is 9.79. The Hall–Kier alpha value is -2.04. The van der Waals surface area contributed by atoms with Crippen LogP contribution in [0.5, 0.6) is 5.75 Å². The smallest absolute Gasteiger partial charge is 0.224 e. The number of carbonyl (C=O) groups is 2. The first-order chi connectivity index (χ1) is 11.6. The first kappa shape index (κ1) is 16.8. The zero-order valence-corrected chi connectivity index (χ0v) is 14.3. The van der Waals surface area contributed by atoms with Gasteiger partial charge in [-0.15, -0.1) is 0 Å². The normalized spacial score (nSPS) is 22.1. The van der Waals surface area contributed by atoms with Gasteiger partial charge in [0.15, 0.2) is 0 Å². The van der Waals surface area contributed by atoms with Crippen LogP contribution < -0.4 is 10.1 Å². The highest BCUT2D eigenvalue weighted by Gasteiger charge is 2.44. The number of para-hydroxylation sites is 1. The monoisotopic (exact) mass is 330 g/mol. The Morgan fingerprint density at radius 1 is 1.33 bits per heavy atom. The third-order valence-corrected chi connectivity index (χ3v) is 5.14. The van der Waals surface area contributed by atoms with Crippen LogP contribution in [-0.2, 0) is 9.59 Å². The van der Waals surface area contributed by atoms with Crippen molar-refractivity contribution in [2.75, 3.05) is 26.2 Å². The number of carbonyl (C=O) groups excluding carboxylic acids is 2. The number of likely N-dealkylation sites (tertiary alicyclic amines) is 1. The Labute approximate surface area is 143 Å². The van der Waals surface area contributed by atoms with Gasteiger partial charge in [-0.05, 0) is 38.3 Å². The van der Waals surface area contributed by atoms with E-state index in [4.69, 9.17) is 4.74 Å². The van der Waals surface area contributed by atoms with Crippen molar-refractivity contribution >= 4 is 11.8 Å². The van der Waals surface area contributed by atoms with Crippen LogP contribution in [0, 0.1) is 11.3 Å². The number of ether oxygens (including phenoxy) is 1. The van der Waals surface area contributed by atoms with E-state index in [0.29, 0.717) is 39.1 Å². The molecule has 0 spiro atoms. The number of hydrogen-bond donors (Lipinski definition) is 1. The molecule has 1 N–H and O–H groups in total. The topological polar surface area (TPSA) is 58.6 Å². The largest absolute Gasteiger partial charge is 0.493 e. The molecule has 1 aliphatic carbocycles. The predicted octanol–water partition coefficient (Wildman–Crippen LogP) is 2.22. The fraction of sp³-hybridized carbons (Fsp3) is 0.579. The number of amides is 2. The molecule has 1 atom stereocenters.